The van der Waals surface area contributed by atoms with E-state index in [1.807, 2.05) is 4.72 Å². The molecule has 0 spiro atoms. The quantitative estimate of drug-likeness (QED) is 0.366. The van der Waals surface area contributed by atoms with E-state index in [0.717, 1.165) is 12.1 Å². The fraction of sp³-hybridized carbons (Fsp3) is 0.125. The number of carbonyl (C=O) groups excluding carboxylic acids is 1. The van der Waals surface area contributed by atoms with Crippen molar-refractivity contribution in [2.75, 3.05) is 0 Å². The first kappa shape index (κ1) is 25.4. The van der Waals surface area contributed by atoms with E-state index in [1.54, 1.807) is 29.7 Å². The number of alkyl halides is 3. The highest BCUT2D eigenvalue weighted by atomic mass is 35.5. The van der Waals surface area contributed by atoms with E-state index in [0.29, 0.717) is 22.5 Å². The molecule has 1 N–H and O–H groups in total. The van der Waals surface area contributed by atoms with E-state index in [2.05, 4.69) is 16.5 Å². The second-order valence-corrected chi connectivity index (χ2v) is 9.89. The molecule has 36 heavy (non-hydrogen) atoms. The minimum atomic E-state index is -4.53. The van der Waals surface area contributed by atoms with Gasteiger partial charge in [-0.1, -0.05) is 42.5 Å². The summed E-state index contributed by atoms with van der Waals surface area (Å²) in [4.78, 5) is 21.3. The van der Waals surface area contributed by atoms with Gasteiger partial charge in [0.1, 0.15) is 17.0 Å². The van der Waals surface area contributed by atoms with E-state index in [1.165, 1.54) is 30.3 Å². The molecule has 0 fully saturated rings. The third-order valence-corrected chi connectivity index (χ3v) is 7.08. The second kappa shape index (κ2) is 9.40. The first-order chi connectivity index (χ1) is 16.9. The van der Waals surface area contributed by atoms with Gasteiger partial charge in [0.05, 0.1) is 17.0 Å². The molecule has 7 nitrogen and oxygen atoms in total. The van der Waals surface area contributed by atoms with E-state index in [-0.39, 0.29) is 27.8 Å². The maximum absolute atomic E-state index is 13.0. The van der Waals surface area contributed by atoms with Crippen LogP contribution in [0.5, 0.6) is 0 Å². The largest absolute Gasteiger partial charge is 0.416 e. The Hall–Kier alpha value is -3.70. The predicted molar refractivity (Wildman–Crippen MR) is 129 cm³/mol. The Morgan fingerprint density at radius 1 is 1.11 bits per heavy atom. The number of aromatic nitrogens is 3. The molecular formula is C24H18ClF3N4O3S. The summed E-state index contributed by atoms with van der Waals surface area (Å²) in [6.45, 7) is 5.30. The third kappa shape index (κ3) is 5.12. The van der Waals surface area contributed by atoms with E-state index in [4.69, 9.17) is 11.6 Å². The van der Waals surface area contributed by atoms with Crippen molar-refractivity contribution in [3.05, 3.63) is 94.4 Å². The minimum Gasteiger partial charge on any atom is -0.308 e. The average Bonchev–Trinajstić information content (AvgIpc) is 3.13. The Labute approximate surface area is 209 Å². The van der Waals surface area contributed by atoms with Crippen LogP contribution in [0.25, 0.3) is 17.2 Å². The molecule has 1 amide bonds. The average molecular weight is 535 g/mol. The molecule has 0 saturated heterocycles. The van der Waals surface area contributed by atoms with Crippen LogP contribution >= 0.6 is 11.6 Å². The Bertz CT molecular complexity index is 1600. The molecule has 0 saturated carbocycles. The van der Waals surface area contributed by atoms with Crippen LogP contribution in [0.2, 0.25) is 5.02 Å². The normalized spacial score (nSPS) is 12.0. The van der Waals surface area contributed by atoms with Crippen LogP contribution in [0, 0.1) is 6.92 Å². The summed E-state index contributed by atoms with van der Waals surface area (Å²) < 4.78 is 67.7. The van der Waals surface area contributed by atoms with Gasteiger partial charge in [-0.3, -0.25) is 4.79 Å². The van der Waals surface area contributed by atoms with Gasteiger partial charge in [0.2, 0.25) is 0 Å². The number of benzene rings is 2. The lowest BCUT2D eigenvalue weighted by atomic mass is 10.1. The van der Waals surface area contributed by atoms with Crippen molar-refractivity contribution in [3.8, 4) is 0 Å². The monoisotopic (exact) mass is 534 g/mol. The number of amides is 1. The topological polar surface area (TPSA) is 94.0 Å². The first-order valence-electron chi connectivity index (χ1n) is 10.4. The van der Waals surface area contributed by atoms with Gasteiger partial charge in [0.25, 0.3) is 15.9 Å². The van der Waals surface area contributed by atoms with E-state index in [9.17, 15) is 26.4 Å². The lowest BCUT2D eigenvalue weighted by Gasteiger charge is -2.12. The summed E-state index contributed by atoms with van der Waals surface area (Å²) in [6, 6.07) is 11.6. The summed E-state index contributed by atoms with van der Waals surface area (Å²) in [6.07, 6.45) is -2.98. The number of nitrogens with one attached hydrogen (secondary N) is 1. The highest BCUT2D eigenvalue weighted by molar-refractivity contribution is 7.90. The number of nitrogens with zero attached hydrogens (tertiary/aromatic N) is 3. The smallest absolute Gasteiger partial charge is 0.308 e. The zero-order valence-corrected chi connectivity index (χ0v) is 20.2. The number of hydrogen-bond donors (Lipinski definition) is 1. The van der Waals surface area contributed by atoms with Crippen molar-refractivity contribution in [2.24, 2.45) is 0 Å². The second-order valence-electron chi connectivity index (χ2n) is 7.80. The molecule has 2 aromatic heterocycles. The van der Waals surface area contributed by atoms with E-state index >= 15 is 0 Å². The first-order valence-corrected chi connectivity index (χ1v) is 12.2. The summed E-state index contributed by atoms with van der Waals surface area (Å²) in [5.41, 5.74) is 0.687. The summed E-state index contributed by atoms with van der Waals surface area (Å²) in [5.74, 6) is -0.483. The molecule has 0 radical (unpaired) electrons. The summed E-state index contributed by atoms with van der Waals surface area (Å²) >= 11 is 6.10. The maximum atomic E-state index is 13.0. The standard InChI is InChI=1S/C24H18ClF3N4O3S/c1-3-15-4-8-18(9-5-15)36(34,35)31-23(33)21-11-10-20-22(30-21)32(14(2)29-20)13-16-6-7-17(12-19(16)25)24(26,27)28/h3-12H,1,13H2,2H3,(H,31,33). The van der Waals surface area contributed by atoms with Crippen LogP contribution < -0.4 is 4.72 Å². The predicted octanol–water partition coefficient (Wildman–Crippen LogP) is 5.22. The van der Waals surface area contributed by atoms with Gasteiger partial charge in [-0.05, 0) is 54.4 Å². The summed E-state index contributed by atoms with van der Waals surface area (Å²) in [5, 5.41) is -0.0893. The number of sulfonamides is 1. The van der Waals surface area contributed by atoms with Gasteiger partial charge in [-0.25, -0.2) is 23.1 Å². The Morgan fingerprint density at radius 3 is 2.42 bits per heavy atom. The maximum Gasteiger partial charge on any atom is 0.416 e. The van der Waals surface area contributed by atoms with Gasteiger partial charge >= 0.3 is 6.18 Å². The van der Waals surface area contributed by atoms with Crippen LogP contribution in [-0.4, -0.2) is 28.9 Å². The number of imidazole rings is 1. The Morgan fingerprint density at radius 2 is 1.81 bits per heavy atom. The molecule has 0 bridgehead atoms. The van der Waals surface area contributed by atoms with Gasteiger partial charge in [0, 0.05) is 5.02 Å². The number of rotatable bonds is 6. The number of halogens is 4. The van der Waals surface area contributed by atoms with Crippen molar-refractivity contribution in [1.82, 2.24) is 19.3 Å². The lowest BCUT2D eigenvalue weighted by Crippen LogP contribution is -2.31. The molecule has 0 atom stereocenters. The minimum absolute atomic E-state index is 0.0331. The van der Waals surface area contributed by atoms with Gasteiger partial charge in [-0.2, -0.15) is 13.2 Å². The van der Waals surface area contributed by atoms with Crippen LogP contribution in [0.1, 0.15) is 33.0 Å². The third-order valence-electron chi connectivity index (χ3n) is 5.38. The summed E-state index contributed by atoms with van der Waals surface area (Å²) in [7, 11) is -4.17. The molecule has 186 valence electrons. The Balaban J connectivity index is 1.63. The molecular weight excluding hydrogens is 517 g/mol. The number of carbonyl (C=O) groups is 1. The zero-order chi connectivity index (χ0) is 26.3. The lowest BCUT2D eigenvalue weighted by molar-refractivity contribution is -0.137. The van der Waals surface area contributed by atoms with Crippen molar-refractivity contribution < 1.29 is 26.4 Å². The molecule has 2 heterocycles. The highest BCUT2D eigenvalue weighted by Gasteiger charge is 2.31. The number of pyridine rings is 1. The van der Waals surface area contributed by atoms with Crippen molar-refractivity contribution >= 4 is 44.8 Å². The fourth-order valence-corrected chi connectivity index (χ4v) is 4.67. The number of hydrogen-bond acceptors (Lipinski definition) is 5. The molecule has 0 aliphatic carbocycles. The fourth-order valence-electron chi connectivity index (χ4n) is 3.47. The highest BCUT2D eigenvalue weighted by Crippen LogP contribution is 2.32. The van der Waals surface area contributed by atoms with Gasteiger partial charge < -0.3 is 4.57 Å². The zero-order valence-electron chi connectivity index (χ0n) is 18.7. The van der Waals surface area contributed by atoms with Gasteiger partial charge in [-0.15, -0.1) is 0 Å². The molecule has 0 aliphatic rings. The SMILES string of the molecule is C=Cc1ccc(S(=O)(=O)NC(=O)c2ccc3nc(C)n(Cc4ccc(C(F)(F)F)cc4Cl)c3n2)cc1. The van der Waals surface area contributed by atoms with Crippen molar-refractivity contribution in [3.63, 3.8) is 0 Å². The number of aryl methyl sites for hydroxylation is 1. The molecule has 4 rings (SSSR count). The van der Waals surface area contributed by atoms with Crippen LogP contribution in [0.4, 0.5) is 13.2 Å². The van der Waals surface area contributed by atoms with Crippen molar-refractivity contribution in [1.29, 1.82) is 0 Å². The molecule has 2 aromatic carbocycles. The molecule has 0 aliphatic heterocycles. The van der Waals surface area contributed by atoms with Crippen molar-refractivity contribution in [2.45, 2.75) is 24.5 Å². The number of fused-ring (bicyclic) bond motifs is 1. The van der Waals surface area contributed by atoms with Crippen LogP contribution in [0.15, 0.2) is 66.1 Å². The Kier molecular flexibility index (Phi) is 6.63. The molecule has 0 unspecified atom stereocenters. The van der Waals surface area contributed by atoms with Gasteiger partial charge in [0.15, 0.2) is 5.65 Å². The molecule has 12 heteroatoms. The molecule has 4 aromatic rings. The van der Waals surface area contributed by atoms with Crippen LogP contribution in [0.3, 0.4) is 0 Å². The van der Waals surface area contributed by atoms with Crippen LogP contribution in [-0.2, 0) is 22.7 Å². The van der Waals surface area contributed by atoms with E-state index < -0.39 is 27.7 Å².